The first-order chi connectivity index (χ1) is 17.2. The normalized spacial score (nSPS) is 13.0. The molecule has 36 heavy (non-hydrogen) atoms. The number of nitrogens with one attached hydrogen (secondary N) is 1. The average molecular weight is 487 g/mol. The van der Waals surface area contributed by atoms with Gasteiger partial charge in [-0.15, -0.1) is 5.10 Å². The van der Waals surface area contributed by atoms with E-state index in [-0.39, 0.29) is 17.1 Å². The van der Waals surface area contributed by atoms with Crippen LogP contribution in [-0.2, 0) is 18.6 Å². The number of aryl methyl sites for hydroxylation is 2. The highest BCUT2D eigenvalue weighted by molar-refractivity contribution is 5.81. The van der Waals surface area contributed by atoms with Gasteiger partial charge in [-0.3, -0.25) is 9.69 Å². The summed E-state index contributed by atoms with van der Waals surface area (Å²) in [4.78, 5) is 18.7. The zero-order valence-electron chi connectivity index (χ0n) is 22.4. The summed E-state index contributed by atoms with van der Waals surface area (Å²) in [5.41, 5.74) is 4.88. The molecular weight excluding hydrogens is 448 g/mol. The highest BCUT2D eigenvalue weighted by Crippen LogP contribution is 2.31. The number of nitrogens with zero attached hydrogens (tertiary/aromatic N) is 5. The molecule has 4 aromatic rings. The van der Waals surface area contributed by atoms with E-state index in [4.69, 9.17) is 0 Å². The van der Waals surface area contributed by atoms with E-state index in [1.54, 1.807) is 0 Å². The summed E-state index contributed by atoms with van der Waals surface area (Å²) in [6, 6.07) is 16.7. The minimum absolute atomic E-state index is 0.0373. The fourth-order valence-electron chi connectivity index (χ4n) is 4.70. The van der Waals surface area contributed by atoms with Crippen LogP contribution in [0.15, 0.2) is 53.3 Å². The number of rotatable bonds is 10. The molecule has 0 aliphatic rings. The molecule has 0 fully saturated rings. The Labute approximate surface area is 213 Å². The number of H-pyrrole nitrogens is 1. The van der Waals surface area contributed by atoms with E-state index in [0.717, 1.165) is 47.1 Å². The van der Waals surface area contributed by atoms with Gasteiger partial charge >= 0.3 is 0 Å². The Kier molecular flexibility index (Phi) is 7.69. The smallest absolute Gasteiger partial charge is 0.252 e. The van der Waals surface area contributed by atoms with Crippen LogP contribution < -0.4 is 5.56 Å². The molecule has 0 unspecified atom stereocenters. The third-order valence-electron chi connectivity index (χ3n) is 7.28. The van der Waals surface area contributed by atoms with Crippen LogP contribution in [0.4, 0.5) is 0 Å². The minimum Gasteiger partial charge on any atom is -0.321 e. The Bertz CT molecular complexity index is 1370. The number of fused-ring (bicyclic) bond motifs is 1. The Morgan fingerprint density at radius 1 is 1.06 bits per heavy atom. The van der Waals surface area contributed by atoms with Gasteiger partial charge in [0.15, 0.2) is 5.82 Å². The second-order valence-electron chi connectivity index (χ2n) is 10.5. The van der Waals surface area contributed by atoms with Crippen molar-refractivity contribution >= 4 is 10.9 Å². The molecule has 7 heteroatoms. The standard InChI is InChI=1S/C29H38N6O/c1-7-10-25(27-31-32-33-35(27)29(5,6)8-2)34(18-22-15-13-20(3)14-16-22)19-24-17-23-12-9-11-21(4)26(23)30-28(24)36/h9,11-17,25H,7-8,10,18-19H2,1-6H3,(H,30,36)/t25-/m0/s1. The minimum atomic E-state index is -0.210. The highest BCUT2D eigenvalue weighted by Gasteiger charge is 2.31. The van der Waals surface area contributed by atoms with Gasteiger partial charge in [0.1, 0.15) is 0 Å². The molecule has 1 atom stereocenters. The molecule has 2 aromatic carbocycles. The summed E-state index contributed by atoms with van der Waals surface area (Å²) in [6.45, 7) is 14.0. The summed E-state index contributed by atoms with van der Waals surface area (Å²) >= 11 is 0. The van der Waals surface area contributed by atoms with Gasteiger partial charge in [-0.05, 0) is 73.5 Å². The van der Waals surface area contributed by atoms with Crippen LogP contribution in [0.25, 0.3) is 10.9 Å². The fourth-order valence-corrected chi connectivity index (χ4v) is 4.70. The van der Waals surface area contributed by atoms with Gasteiger partial charge in [-0.1, -0.05) is 68.3 Å². The zero-order chi connectivity index (χ0) is 25.9. The lowest BCUT2D eigenvalue weighted by molar-refractivity contribution is 0.145. The van der Waals surface area contributed by atoms with Crippen molar-refractivity contribution in [3.63, 3.8) is 0 Å². The number of tetrazole rings is 1. The van der Waals surface area contributed by atoms with Crippen molar-refractivity contribution in [1.29, 1.82) is 0 Å². The van der Waals surface area contributed by atoms with Crippen molar-refractivity contribution in [2.45, 2.75) is 85.5 Å². The molecule has 2 heterocycles. The molecule has 0 aliphatic heterocycles. The molecule has 190 valence electrons. The molecule has 0 saturated carbocycles. The van der Waals surface area contributed by atoms with Gasteiger partial charge in [0.05, 0.1) is 17.1 Å². The maximum atomic E-state index is 13.2. The van der Waals surface area contributed by atoms with Crippen LogP contribution in [0.2, 0.25) is 0 Å². The summed E-state index contributed by atoms with van der Waals surface area (Å²) in [5.74, 6) is 0.851. The molecule has 0 saturated heterocycles. The third-order valence-corrected chi connectivity index (χ3v) is 7.28. The zero-order valence-corrected chi connectivity index (χ0v) is 22.4. The van der Waals surface area contributed by atoms with Crippen LogP contribution in [0.1, 0.15) is 81.1 Å². The number of pyridine rings is 1. The van der Waals surface area contributed by atoms with Crippen molar-refractivity contribution in [3.8, 4) is 0 Å². The van der Waals surface area contributed by atoms with Gasteiger partial charge in [-0.25, -0.2) is 4.68 Å². The maximum Gasteiger partial charge on any atom is 0.252 e. The van der Waals surface area contributed by atoms with Gasteiger partial charge in [-0.2, -0.15) is 0 Å². The van der Waals surface area contributed by atoms with E-state index in [0.29, 0.717) is 13.1 Å². The van der Waals surface area contributed by atoms with E-state index >= 15 is 0 Å². The van der Waals surface area contributed by atoms with Gasteiger partial charge in [0, 0.05) is 18.7 Å². The molecule has 0 aliphatic carbocycles. The lowest BCUT2D eigenvalue weighted by Crippen LogP contribution is -2.36. The first-order valence-electron chi connectivity index (χ1n) is 12.9. The first kappa shape index (κ1) is 25.8. The number of benzene rings is 2. The molecule has 2 aromatic heterocycles. The summed E-state index contributed by atoms with van der Waals surface area (Å²) in [6.07, 6.45) is 2.77. The second kappa shape index (κ2) is 10.7. The van der Waals surface area contributed by atoms with E-state index in [1.165, 1.54) is 11.1 Å². The average Bonchev–Trinajstić information content (AvgIpc) is 3.35. The Balaban J connectivity index is 1.80. The third kappa shape index (κ3) is 5.41. The van der Waals surface area contributed by atoms with Crippen LogP contribution >= 0.6 is 0 Å². The SMILES string of the molecule is CCC[C@@H](c1nnnn1C(C)(C)CC)N(Cc1ccc(C)cc1)Cc1cc2cccc(C)c2[nH]c1=O. The molecule has 0 bridgehead atoms. The number of hydrogen-bond donors (Lipinski definition) is 1. The van der Waals surface area contributed by atoms with Gasteiger partial charge in [0.25, 0.3) is 5.56 Å². The predicted octanol–water partition coefficient (Wildman–Crippen LogP) is 5.82. The van der Waals surface area contributed by atoms with E-state index in [1.807, 2.05) is 29.8 Å². The van der Waals surface area contributed by atoms with E-state index in [9.17, 15) is 4.79 Å². The number of aromatic nitrogens is 5. The molecule has 1 N–H and O–H groups in total. The Morgan fingerprint density at radius 3 is 2.50 bits per heavy atom. The van der Waals surface area contributed by atoms with Gasteiger partial charge < -0.3 is 4.98 Å². The Morgan fingerprint density at radius 2 is 1.81 bits per heavy atom. The van der Waals surface area contributed by atoms with Gasteiger partial charge in [0.2, 0.25) is 0 Å². The molecule has 0 radical (unpaired) electrons. The highest BCUT2D eigenvalue weighted by atomic mass is 16.1. The quantitative estimate of drug-likeness (QED) is 0.305. The molecule has 0 amide bonds. The second-order valence-corrected chi connectivity index (χ2v) is 10.5. The van der Waals surface area contributed by atoms with Crippen molar-refractivity contribution in [2.24, 2.45) is 0 Å². The molecule has 4 rings (SSSR count). The van der Waals surface area contributed by atoms with Crippen LogP contribution in [0.3, 0.4) is 0 Å². The lowest BCUT2D eigenvalue weighted by atomic mass is 10.00. The molecular formula is C29H38N6O. The number of aromatic amines is 1. The van der Waals surface area contributed by atoms with Crippen LogP contribution in [-0.4, -0.2) is 30.1 Å². The van der Waals surface area contributed by atoms with E-state index < -0.39 is 0 Å². The van der Waals surface area contributed by atoms with Crippen molar-refractivity contribution in [1.82, 2.24) is 30.1 Å². The maximum absolute atomic E-state index is 13.2. The first-order valence-corrected chi connectivity index (χ1v) is 12.9. The Hall–Kier alpha value is -3.32. The summed E-state index contributed by atoms with van der Waals surface area (Å²) in [5, 5.41) is 14.1. The summed E-state index contributed by atoms with van der Waals surface area (Å²) < 4.78 is 1.98. The molecule has 0 spiro atoms. The number of hydrogen-bond acceptors (Lipinski definition) is 5. The largest absolute Gasteiger partial charge is 0.321 e. The molecule has 7 nitrogen and oxygen atoms in total. The monoisotopic (exact) mass is 486 g/mol. The van der Waals surface area contributed by atoms with E-state index in [2.05, 4.69) is 90.4 Å². The fraction of sp³-hybridized carbons (Fsp3) is 0.448. The summed E-state index contributed by atoms with van der Waals surface area (Å²) in [7, 11) is 0. The predicted molar refractivity (Wildman–Crippen MR) is 145 cm³/mol. The van der Waals surface area contributed by atoms with Crippen LogP contribution in [0.5, 0.6) is 0 Å². The lowest BCUT2D eigenvalue weighted by Gasteiger charge is -2.33. The van der Waals surface area contributed by atoms with Crippen molar-refractivity contribution < 1.29 is 0 Å². The number of para-hydroxylation sites is 1. The topological polar surface area (TPSA) is 79.7 Å². The van der Waals surface area contributed by atoms with Crippen LogP contribution in [0, 0.1) is 13.8 Å². The van der Waals surface area contributed by atoms with Crippen molar-refractivity contribution in [3.05, 3.63) is 87.0 Å². The van der Waals surface area contributed by atoms with Crippen molar-refractivity contribution in [2.75, 3.05) is 0 Å².